The maximum atomic E-state index is 12.5. The highest BCUT2D eigenvalue weighted by atomic mass is 35.5. The molecule has 0 aromatic heterocycles. The Hall–Kier alpha value is -1.79. The van der Waals surface area contributed by atoms with E-state index in [1.807, 2.05) is 12.1 Å². The molecule has 2 aliphatic rings. The van der Waals surface area contributed by atoms with Crippen LogP contribution in [0, 0.1) is 5.92 Å². The van der Waals surface area contributed by atoms with Gasteiger partial charge in [-0.1, -0.05) is 0 Å². The van der Waals surface area contributed by atoms with Gasteiger partial charge in [-0.25, -0.2) is 0 Å². The number of nitrogens with zero attached hydrogens (tertiary/aromatic N) is 1. The summed E-state index contributed by atoms with van der Waals surface area (Å²) in [6.07, 6.45) is 3.15. The Balaban J connectivity index is 0.00000225. The summed E-state index contributed by atoms with van der Waals surface area (Å²) in [6.45, 7) is 3.69. The molecule has 1 aromatic carbocycles. The van der Waals surface area contributed by atoms with E-state index in [4.69, 9.17) is 4.74 Å². The monoisotopic (exact) mass is 367 g/mol. The van der Waals surface area contributed by atoms with Crippen molar-refractivity contribution in [2.75, 3.05) is 30.4 Å². The average Bonchev–Trinajstić information content (AvgIpc) is 3.00. The molecule has 0 spiro atoms. The summed E-state index contributed by atoms with van der Waals surface area (Å²) in [4.78, 5) is 26.1. The topological polar surface area (TPSA) is 70.7 Å². The molecule has 2 saturated heterocycles. The number of piperidine rings is 1. The van der Waals surface area contributed by atoms with E-state index in [-0.39, 0.29) is 30.1 Å². The van der Waals surface area contributed by atoms with Gasteiger partial charge < -0.3 is 20.3 Å². The lowest BCUT2D eigenvalue weighted by Crippen LogP contribution is -2.40. The van der Waals surface area contributed by atoms with Crippen LogP contribution < -0.4 is 20.3 Å². The minimum Gasteiger partial charge on any atom is -0.494 e. The second kappa shape index (κ2) is 8.54. The minimum absolute atomic E-state index is 0. The van der Waals surface area contributed by atoms with Gasteiger partial charge in [-0.3, -0.25) is 9.59 Å². The number of carbonyl (C=O) groups is 2. The molecule has 2 amide bonds. The van der Waals surface area contributed by atoms with Crippen LogP contribution in [0.4, 0.5) is 11.4 Å². The van der Waals surface area contributed by atoms with Gasteiger partial charge in [0.15, 0.2) is 0 Å². The Morgan fingerprint density at radius 3 is 2.84 bits per heavy atom. The van der Waals surface area contributed by atoms with Gasteiger partial charge in [-0.05, 0) is 44.9 Å². The maximum absolute atomic E-state index is 12.5. The molecule has 0 unspecified atom stereocenters. The number of amides is 2. The molecule has 0 aliphatic carbocycles. The largest absolute Gasteiger partial charge is 0.494 e. The second-order valence-electron chi connectivity index (χ2n) is 6.60. The smallest absolute Gasteiger partial charge is 0.227 e. The van der Waals surface area contributed by atoms with E-state index >= 15 is 0 Å². The van der Waals surface area contributed by atoms with E-state index in [1.54, 1.807) is 18.1 Å². The third-order valence-corrected chi connectivity index (χ3v) is 4.81. The number of anilines is 2. The van der Waals surface area contributed by atoms with Gasteiger partial charge in [0.25, 0.3) is 0 Å². The number of hydrogen-bond acceptors (Lipinski definition) is 4. The van der Waals surface area contributed by atoms with Crippen LogP contribution in [-0.2, 0) is 9.59 Å². The molecule has 0 bridgehead atoms. The highest BCUT2D eigenvalue weighted by Gasteiger charge is 2.26. The van der Waals surface area contributed by atoms with E-state index in [2.05, 4.69) is 17.6 Å². The number of halogens is 1. The van der Waals surface area contributed by atoms with Gasteiger partial charge in [0.1, 0.15) is 5.75 Å². The van der Waals surface area contributed by atoms with Crippen molar-refractivity contribution in [3.63, 3.8) is 0 Å². The summed E-state index contributed by atoms with van der Waals surface area (Å²) >= 11 is 0. The fourth-order valence-electron chi connectivity index (χ4n) is 3.50. The van der Waals surface area contributed by atoms with Crippen LogP contribution >= 0.6 is 12.4 Å². The summed E-state index contributed by atoms with van der Waals surface area (Å²) in [5.74, 6) is 0.818. The minimum atomic E-state index is 0. The summed E-state index contributed by atoms with van der Waals surface area (Å²) in [5, 5.41) is 6.34. The van der Waals surface area contributed by atoms with E-state index in [9.17, 15) is 9.59 Å². The average molecular weight is 368 g/mol. The van der Waals surface area contributed by atoms with E-state index < -0.39 is 0 Å². The van der Waals surface area contributed by atoms with Crippen LogP contribution in [0.3, 0.4) is 0 Å². The summed E-state index contributed by atoms with van der Waals surface area (Å²) in [5.41, 5.74) is 1.48. The molecule has 2 fully saturated rings. The Morgan fingerprint density at radius 2 is 2.20 bits per heavy atom. The third-order valence-electron chi connectivity index (χ3n) is 4.81. The first-order chi connectivity index (χ1) is 11.6. The lowest BCUT2D eigenvalue weighted by Gasteiger charge is -2.27. The number of hydrogen-bond donors (Lipinski definition) is 2. The number of benzene rings is 1. The molecule has 2 heterocycles. The molecule has 0 saturated carbocycles. The fraction of sp³-hybridized carbons (Fsp3) is 0.556. The molecule has 2 atom stereocenters. The van der Waals surface area contributed by atoms with Crippen molar-refractivity contribution in [3.05, 3.63) is 18.2 Å². The predicted molar refractivity (Wildman–Crippen MR) is 101 cm³/mol. The van der Waals surface area contributed by atoms with Crippen molar-refractivity contribution in [2.24, 2.45) is 5.92 Å². The highest BCUT2D eigenvalue weighted by molar-refractivity contribution is 5.98. The molecule has 2 N–H and O–H groups in total. The Morgan fingerprint density at radius 1 is 1.40 bits per heavy atom. The van der Waals surface area contributed by atoms with Gasteiger partial charge in [-0.2, -0.15) is 0 Å². The first-order valence-corrected chi connectivity index (χ1v) is 8.61. The van der Waals surface area contributed by atoms with Crippen LogP contribution in [0.5, 0.6) is 5.75 Å². The Kier molecular flexibility index (Phi) is 6.67. The van der Waals surface area contributed by atoms with E-state index in [0.717, 1.165) is 31.5 Å². The standard InChI is InChI=1S/C18H25N3O3.ClH/c1-12-10-13(7-8-19-12)18(23)20-14-5-6-15(16(11-14)24-2)21-9-3-4-17(21)22;/h5-6,11-13,19H,3-4,7-10H2,1-2H3,(H,20,23);1H/t12-,13-;/m0./s1. The van der Waals surface area contributed by atoms with Crippen molar-refractivity contribution in [3.8, 4) is 5.75 Å². The van der Waals surface area contributed by atoms with Crippen molar-refractivity contribution >= 4 is 35.6 Å². The van der Waals surface area contributed by atoms with Gasteiger partial charge >= 0.3 is 0 Å². The van der Waals surface area contributed by atoms with Crippen molar-refractivity contribution in [1.29, 1.82) is 0 Å². The molecule has 3 rings (SSSR count). The van der Waals surface area contributed by atoms with E-state index in [0.29, 0.717) is 30.4 Å². The zero-order chi connectivity index (χ0) is 17.1. The lowest BCUT2D eigenvalue weighted by molar-refractivity contribution is -0.121. The molecule has 25 heavy (non-hydrogen) atoms. The predicted octanol–water partition coefficient (Wildman–Crippen LogP) is 2.57. The molecule has 2 aliphatic heterocycles. The van der Waals surface area contributed by atoms with Gasteiger partial charge in [0, 0.05) is 36.7 Å². The first kappa shape index (κ1) is 19.5. The summed E-state index contributed by atoms with van der Waals surface area (Å²) in [6, 6.07) is 5.85. The molecule has 6 nitrogen and oxygen atoms in total. The van der Waals surface area contributed by atoms with Crippen LogP contribution in [0.15, 0.2) is 18.2 Å². The molecule has 1 aromatic rings. The fourth-order valence-corrected chi connectivity index (χ4v) is 3.50. The Labute approximate surface area is 154 Å². The Bertz CT molecular complexity index is 638. The van der Waals surface area contributed by atoms with Crippen molar-refractivity contribution < 1.29 is 14.3 Å². The van der Waals surface area contributed by atoms with Crippen LogP contribution in [0.25, 0.3) is 0 Å². The maximum Gasteiger partial charge on any atom is 0.227 e. The number of carbonyl (C=O) groups excluding carboxylic acids is 2. The summed E-state index contributed by atoms with van der Waals surface area (Å²) in [7, 11) is 1.58. The second-order valence-corrected chi connectivity index (χ2v) is 6.60. The molecular weight excluding hydrogens is 342 g/mol. The summed E-state index contributed by atoms with van der Waals surface area (Å²) < 4.78 is 5.44. The zero-order valence-electron chi connectivity index (χ0n) is 14.7. The van der Waals surface area contributed by atoms with Crippen molar-refractivity contribution in [2.45, 2.75) is 38.6 Å². The van der Waals surface area contributed by atoms with Gasteiger partial charge in [0.2, 0.25) is 11.8 Å². The molecule has 7 heteroatoms. The molecule has 138 valence electrons. The zero-order valence-corrected chi connectivity index (χ0v) is 15.5. The van der Waals surface area contributed by atoms with Gasteiger partial charge in [-0.15, -0.1) is 12.4 Å². The lowest BCUT2D eigenvalue weighted by atomic mass is 9.92. The van der Waals surface area contributed by atoms with Crippen LogP contribution in [-0.4, -0.2) is 38.1 Å². The normalized spacial score (nSPS) is 23.1. The third kappa shape index (κ3) is 4.44. The van der Waals surface area contributed by atoms with Crippen molar-refractivity contribution in [1.82, 2.24) is 5.32 Å². The van der Waals surface area contributed by atoms with Gasteiger partial charge in [0.05, 0.1) is 12.8 Å². The highest BCUT2D eigenvalue weighted by Crippen LogP contribution is 2.34. The molecule has 0 radical (unpaired) electrons. The number of nitrogens with one attached hydrogen (secondary N) is 2. The SMILES string of the molecule is COc1cc(NC(=O)[C@H]2CCN[C@@H](C)C2)ccc1N1CCCC1=O.Cl. The van der Waals surface area contributed by atoms with Crippen LogP contribution in [0.1, 0.15) is 32.6 Å². The first-order valence-electron chi connectivity index (χ1n) is 8.61. The van der Waals surface area contributed by atoms with E-state index in [1.165, 1.54) is 0 Å². The van der Waals surface area contributed by atoms with Crippen LogP contribution in [0.2, 0.25) is 0 Å². The quantitative estimate of drug-likeness (QED) is 0.858. The number of methoxy groups -OCH3 is 1. The molecular formula is C18H26ClN3O3. The number of ether oxygens (including phenoxy) is 1. The number of rotatable bonds is 4.